The Hall–Kier alpha value is -0.730. The average Bonchev–Trinajstić information content (AvgIpc) is 2.42. The maximum absolute atomic E-state index is 6.37. The fourth-order valence-electron chi connectivity index (χ4n) is 3.05. The topological polar surface area (TPSA) is 29.3 Å². The largest absolute Gasteiger partial charge is 0.369 e. The molecule has 2 rings (SSSR count). The molecule has 0 amide bonds. The van der Waals surface area contributed by atoms with Gasteiger partial charge in [-0.2, -0.15) is 0 Å². The Bertz CT molecular complexity index is 404. The average molecular weight is 281 g/mol. The van der Waals surface area contributed by atoms with Crippen LogP contribution in [0.3, 0.4) is 0 Å². The molecular weight excluding hydrogens is 256 g/mol. The van der Waals surface area contributed by atoms with Crippen LogP contribution in [0.4, 0.5) is 5.69 Å². The Labute approximate surface area is 121 Å². The number of anilines is 1. The summed E-state index contributed by atoms with van der Waals surface area (Å²) < 4.78 is 0. The SMILES string of the molecule is CCCC1CCCCN1c1ccc(CCN)c(Cl)c1. The first-order chi connectivity index (χ1) is 9.26. The van der Waals surface area contributed by atoms with E-state index in [1.54, 1.807) is 0 Å². The van der Waals surface area contributed by atoms with Gasteiger partial charge in [0.05, 0.1) is 0 Å². The van der Waals surface area contributed by atoms with Gasteiger partial charge < -0.3 is 10.6 Å². The molecule has 1 unspecified atom stereocenters. The van der Waals surface area contributed by atoms with Gasteiger partial charge in [0.1, 0.15) is 0 Å². The number of hydrogen-bond donors (Lipinski definition) is 1. The lowest BCUT2D eigenvalue weighted by atomic mass is 9.97. The summed E-state index contributed by atoms with van der Waals surface area (Å²) >= 11 is 6.37. The van der Waals surface area contributed by atoms with Gasteiger partial charge in [0.25, 0.3) is 0 Å². The first-order valence-electron chi connectivity index (χ1n) is 7.51. The van der Waals surface area contributed by atoms with E-state index in [-0.39, 0.29) is 0 Å². The van der Waals surface area contributed by atoms with Crippen LogP contribution >= 0.6 is 11.6 Å². The molecule has 3 heteroatoms. The fourth-order valence-corrected chi connectivity index (χ4v) is 3.32. The number of nitrogens with zero attached hydrogens (tertiary/aromatic N) is 1. The van der Waals surface area contributed by atoms with Crippen LogP contribution in [0.1, 0.15) is 44.6 Å². The van der Waals surface area contributed by atoms with E-state index in [4.69, 9.17) is 17.3 Å². The molecule has 1 aromatic carbocycles. The molecule has 0 aromatic heterocycles. The van der Waals surface area contributed by atoms with E-state index in [0.717, 1.165) is 23.6 Å². The number of rotatable bonds is 5. The lowest BCUT2D eigenvalue weighted by Gasteiger charge is -2.38. The molecule has 0 bridgehead atoms. The molecule has 1 heterocycles. The van der Waals surface area contributed by atoms with Crippen LogP contribution in [-0.4, -0.2) is 19.1 Å². The molecule has 19 heavy (non-hydrogen) atoms. The van der Waals surface area contributed by atoms with Gasteiger partial charge >= 0.3 is 0 Å². The molecule has 1 fully saturated rings. The molecule has 0 aliphatic carbocycles. The van der Waals surface area contributed by atoms with Gasteiger partial charge in [0.15, 0.2) is 0 Å². The minimum Gasteiger partial charge on any atom is -0.369 e. The third kappa shape index (κ3) is 3.64. The van der Waals surface area contributed by atoms with Crippen molar-refractivity contribution in [2.24, 2.45) is 5.73 Å². The molecular formula is C16H25ClN2. The van der Waals surface area contributed by atoms with Crippen molar-refractivity contribution in [2.45, 2.75) is 51.5 Å². The van der Waals surface area contributed by atoms with Crippen molar-refractivity contribution >= 4 is 17.3 Å². The van der Waals surface area contributed by atoms with Crippen molar-refractivity contribution in [3.05, 3.63) is 28.8 Å². The smallest absolute Gasteiger partial charge is 0.0459 e. The van der Waals surface area contributed by atoms with Crippen LogP contribution in [0.15, 0.2) is 18.2 Å². The van der Waals surface area contributed by atoms with Crippen molar-refractivity contribution < 1.29 is 0 Å². The molecule has 106 valence electrons. The summed E-state index contributed by atoms with van der Waals surface area (Å²) in [6.45, 7) is 4.09. The van der Waals surface area contributed by atoms with E-state index in [0.29, 0.717) is 12.6 Å². The van der Waals surface area contributed by atoms with Gasteiger partial charge in [-0.15, -0.1) is 0 Å². The second-order valence-electron chi connectivity index (χ2n) is 5.45. The zero-order valence-electron chi connectivity index (χ0n) is 11.9. The number of benzene rings is 1. The standard InChI is InChI=1S/C16H25ClN2/c1-2-5-14-6-3-4-11-19(14)15-8-7-13(9-10-18)16(17)12-15/h7-8,12,14H,2-6,9-11,18H2,1H3. The van der Waals surface area contributed by atoms with E-state index < -0.39 is 0 Å². The Morgan fingerprint density at radius 1 is 1.37 bits per heavy atom. The maximum atomic E-state index is 6.37. The number of piperidine rings is 1. The molecule has 0 spiro atoms. The molecule has 1 aliphatic rings. The van der Waals surface area contributed by atoms with E-state index in [1.165, 1.54) is 37.8 Å². The van der Waals surface area contributed by atoms with Crippen molar-refractivity contribution in [1.82, 2.24) is 0 Å². The highest BCUT2D eigenvalue weighted by Crippen LogP contribution is 2.30. The fraction of sp³-hybridized carbons (Fsp3) is 0.625. The third-order valence-corrected chi connectivity index (χ3v) is 4.38. The Morgan fingerprint density at radius 3 is 2.89 bits per heavy atom. The first kappa shape index (κ1) is 14.7. The second-order valence-corrected chi connectivity index (χ2v) is 5.85. The van der Waals surface area contributed by atoms with E-state index >= 15 is 0 Å². The van der Waals surface area contributed by atoms with Crippen molar-refractivity contribution in [1.29, 1.82) is 0 Å². The van der Waals surface area contributed by atoms with E-state index in [1.807, 2.05) is 0 Å². The Balaban J connectivity index is 2.17. The van der Waals surface area contributed by atoms with Gasteiger partial charge in [0.2, 0.25) is 0 Å². The lowest BCUT2D eigenvalue weighted by Crippen LogP contribution is -2.39. The summed E-state index contributed by atoms with van der Waals surface area (Å²) in [5.41, 5.74) is 8.05. The van der Waals surface area contributed by atoms with E-state index in [9.17, 15) is 0 Å². The maximum Gasteiger partial charge on any atom is 0.0459 e. The quantitative estimate of drug-likeness (QED) is 0.883. The summed E-state index contributed by atoms with van der Waals surface area (Å²) in [7, 11) is 0. The van der Waals surface area contributed by atoms with Gasteiger partial charge in [0, 0.05) is 23.3 Å². The minimum absolute atomic E-state index is 0.654. The molecule has 1 saturated heterocycles. The highest BCUT2D eigenvalue weighted by molar-refractivity contribution is 6.31. The summed E-state index contributed by atoms with van der Waals surface area (Å²) in [5.74, 6) is 0. The summed E-state index contributed by atoms with van der Waals surface area (Å²) in [6.07, 6.45) is 7.36. The molecule has 1 aromatic rings. The Kier molecular flexibility index (Phi) is 5.53. The van der Waals surface area contributed by atoms with Crippen LogP contribution in [0.2, 0.25) is 5.02 Å². The first-order valence-corrected chi connectivity index (χ1v) is 7.89. The van der Waals surface area contributed by atoms with Gasteiger partial charge in [-0.3, -0.25) is 0 Å². The summed E-state index contributed by atoms with van der Waals surface area (Å²) in [5, 5.41) is 0.865. The van der Waals surface area contributed by atoms with Crippen molar-refractivity contribution in [3.8, 4) is 0 Å². The van der Waals surface area contributed by atoms with Crippen LogP contribution < -0.4 is 10.6 Å². The molecule has 1 aliphatic heterocycles. The molecule has 2 nitrogen and oxygen atoms in total. The van der Waals surface area contributed by atoms with Gasteiger partial charge in [-0.05, 0) is 56.3 Å². The minimum atomic E-state index is 0.654. The molecule has 2 N–H and O–H groups in total. The predicted octanol–water partition coefficient (Wildman–Crippen LogP) is 4.00. The van der Waals surface area contributed by atoms with Crippen LogP contribution in [0.5, 0.6) is 0 Å². The Morgan fingerprint density at radius 2 is 2.21 bits per heavy atom. The monoisotopic (exact) mass is 280 g/mol. The zero-order chi connectivity index (χ0) is 13.7. The molecule has 1 atom stereocenters. The summed E-state index contributed by atoms with van der Waals surface area (Å²) in [6, 6.07) is 7.17. The number of hydrogen-bond acceptors (Lipinski definition) is 2. The lowest BCUT2D eigenvalue weighted by molar-refractivity contribution is 0.435. The number of halogens is 1. The highest BCUT2D eigenvalue weighted by Gasteiger charge is 2.22. The van der Waals surface area contributed by atoms with E-state index in [2.05, 4.69) is 30.0 Å². The zero-order valence-corrected chi connectivity index (χ0v) is 12.6. The second kappa shape index (κ2) is 7.16. The highest BCUT2D eigenvalue weighted by atomic mass is 35.5. The van der Waals surface area contributed by atoms with Crippen molar-refractivity contribution in [2.75, 3.05) is 18.0 Å². The normalized spacial score (nSPS) is 19.7. The van der Waals surface area contributed by atoms with Crippen LogP contribution in [0, 0.1) is 0 Å². The number of nitrogens with two attached hydrogens (primary N) is 1. The predicted molar refractivity (Wildman–Crippen MR) is 84.1 cm³/mol. The van der Waals surface area contributed by atoms with Crippen LogP contribution in [-0.2, 0) is 6.42 Å². The molecule has 0 saturated carbocycles. The molecule has 0 radical (unpaired) electrons. The van der Waals surface area contributed by atoms with Crippen molar-refractivity contribution in [3.63, 3.8) is 0 Å². The van der Waals surface area contributed by atoms with Gasteiger partial charge in [-0.25, -0.2) is 0 Å². The van der Waals surface area contributed by atoms with Gasteiger partial charge in [-0.1, -0.05) is 31.0 Å². The summed E-state index contributed by atoms with van der Waals surface area (Å²) in [4.78, 5) is 2.55. The third-order valence-electron chi connectivity index (χ3n) is 4.03. The van der Waals surface area contributed by atoms with Crippen LogP contribution in [0.25, 0.3) is 0 Å².